The number of rotatable bonds is 8. The maximum Gasteiger partial charge on any atom is 0.303 e. The van der Waals surface area contributed by atoms with Crippen LogP contribution >= 0.6 is 0 Å². The van der Waals surface area contributed by atoms with Crippen molar-refractivity contribution in [3.63, 3.8) is 0 Å². The maximum atomic E-state index is 11.8. The molecule has 0 fully saturated rings. The highest BCUT2D eigenvalue weighted by Gasteiger charge is 2.07. The molecule has 1 aromatic rings. The minimum absolute atomic E-state index is 0.0137. The standard InChI is InChI=1S/C16H22N2O4/c1-11(2)15(21)18-10-12-5-7-13(8-6-12)16(22)17-9-3-4-14(19)20/h5-8,11H,3-4,9-10H2,1-2H3,(H,17,22)(H,18,21)(H,19,20). The van der Waals surface area contributed by atoms with Crippen molar-refractivity contribution in [2.45, 2.75) is 33.2 Å². The van der Waals surface area contributed by atoms with E-state index in [1.807, 2.05) is 13.8 Å². The predicted octanol–water partition coefficient (Wildman–Crippen LogP) is 1.55. The summed E-state index contributed by atoms with van der Waals surface area (Å²) >= 11 is 0. The van der Waals surface area contributed by atoms with Crippen molar-refractivity contribution >= 4 is 17.8 Å². The van der Waals surface area contributed by atoms with E-state index < -0.39 is 5.97 Å². The van der Waals surface area contributed by atoms with Gasteiger partial charge in [-0.15, -0.1) is 0 Å². The minimum Gasteiger partial charge on any atom is -0.481 e. The fraction of sp³-hybridized carbons (Fsp3) is 0.438. The third kappa shape index (κ3) is 6.39. The molecule has 6 nitrogen and oxygen atoms in total. The summed E-state index contributed by atoms with van der Waals surface area (Å²) in [7, 11) is 0. The second kappa shape index (κ2) is 8.81. The fourth-order valence-electron chi connectivity index (χ4n) is 1.71. The summed E-state index contributed by atoms with van der Waals surface area (Å²) in [6, 6.07) is 6.94. The normalized spacial score (nSPS) is 10.3. The first-order valence-electron chi connectivity index (χ1n) is 7.26. The largest absolute Gasteiger partial charge is 0.481 e. The number of benzene rings is 1. The molecule has 0 atom stereocenters. The Balaban J connectivity index is 2.41. The summed E-state index contributed by atoms with van der Waals surface area (Å²) in [5.41, 5.74) is 1.42. The van der Waals surface area contributed by atoms with Crippen LogP contribution in [0.3, 0.4) is 0 Å². The highest BCUT2D eigenvalue weighted by Crippen LogP contribution is 2.05. The van der Waals surface area contributed by atoms with Gasteiger partial charge in [0.1, 0.15) is 0 Å². The minimum atomic E-state index is -0.873. The summed E-state index contributed by atoms with van der Waals surface area (Å²) in [5, 5.41) is 14.0. The third-order valence-corrected chi connectivity index (χ3v) is 3.06. The lowest BCUT2D eigenvalue weighted by Crippen LogP contribution is -2.27. The number of hydrogen-bond acceptors (Lipinski definition) is 3. The van der Waals surface area contributed by atoms with Crippen molar-refractivity contribution in [3.8, 4) is 0 Å². The molecule has 2 amide bonds. The van der Waals surface area contributed by atoms with Gasteiger partial charge in [0.15, 0.2) is 0 Å². The van der Waals surface area contributed by atoms with Crippen LogP contribution in [0.4, 0.5) is 0 Å². The Labute approximate surface area is 129 Å². The van der Waals surface area contributed by atoms with E-state index in [-0.39, 0.29) is 24.2 Å². The molecule has 0 saturated heterocycles. The maximum absolute atomic E-state index is 11.8. The smallest absolute Gasteiger partial charge is 0.303 e. The van der Waals surface area contributed by atoms with Gasteiger partial charge in [0.05, 0.1) is 0 Å². The lowest BCUT2D eigenvalue weighted by Gasteiger charge is -2.08. The summed E-state index contributed by atoms with van der Waals surface area (Å²) < 4.78 is 0. The first kappa shape index (κ1) is 17.7. The van der Waals surface area contributed by atoms with E-state index in [1.54, 1.807) is 24.3 Å². The van der Waals surface area contributed by atoms with Gasteiger partial charge in [-0.05, 0) is 24.1 Å². The SMILES string of the molecule is CC(C)C(=O)NCc1ccc(C(=O)NCCCC(=O)O)cc1. The van der Waals surface area contributed by atoms with E-state index in [1.165, 1.54) is 0 Å². The molecule has 1 aromatic carbocycles. The Bertz CT molecular complexity index is 523. The molecule has 0 aliphatic rings. The Morgan fingerprint density at radius 2 is 1.73 bits per heavy atom. The molecule has 0 aliphatic heterocycles. The van der Waals surface area contributed by atoms with Crippen LogP contribution in [0.5, 0.6) is 0 Å². The average Bonchev–Trinajstić information content (AvgIpc) is 2.49. The third-order valence-electron chi connectivity index (χ3n) is 3.06. The van der Waals surface area contributed by atoms with Gasteiger partial charge < -0.3 is 15.7 Å². The number of carbonyl (C=O) groups is 3. The van der Waals surface area contributed by atoms with Crippen LogP contribution in [-0.2, 0) is 16.1 Å². The van der Waals surface area contributed by atoms with Gasteiger partial charge in [-0.3, -0.25) is 14.4 Å². The van der Waals surface area contributed by atoms with Crippen LogP contribution in [0.25, 0.3) is 0 Å². The lowest BCUT2D eigenvalue weighted by molar-refractivity contribution is -0.137. The van der Waals surface area contributed by atoms with E-state index in [0.717, 1.165) is 5.56 Å². The van der Waals surface area contributed by atoms with Crippen molar-refractivity contribution in [2.75, 3.05) is 6.54 Å². The van der Waals surface area contributed by atoms with Crippen LogP contribution in [0.2, 0.25) is 0 Å². The molecule has 0 saturated carbocycles. The second-order valence-corrected chi connectivity index (χ2v) is 5.32. The summed E-state index contributed by atoms with van der Waals surface area (Å²) in [6.07, 6.45) is 0.440. The van der Waals surface area contributed by atoms with Crippen LogP contribution in [0, 0.1) is 5.92 Å². The molecular formula is C16H22N2O4. The molecule has 6 heteroatoms. The van der Waals surface area contributed by atoms with Crippen molar-refractivity contribution in [1.29, 1.82) is 0 Å². The number of nitrogens with one attached hydrogen (secondary N) is 2. The zero-order chi connectivity index (χ0) is 16.5. The van der Waals surface area contributed by atoms with Gasteiger partial charge in [0.25, 0.3) is 5.91 Å². The van der Waals surface area contributed by atoms with E-state index in [4.69, 9.17) is 5.11 Å². The van der Waals surface area contributed by atoms with Gasteiger partial charge in [0, 0.05) is 31.0 Å². The second-order valence-electron chi connectivity index (χ2n) is 5.32. The molecule has 1 rings (SSSR count). The monoisotopic (exact) mass is 306 g/mol. The number of aliphatic carboxylic acids is 1. The van der Waals surface area contributed by atoms with Gasteiger partial charge in [-0.1, -0.05) is 26.0 Å². The van der Waals surface area contributed by atoms with Crippen molar-refractivity contribution in [2.24, 2.45) is 5.92 Å². The molecule has 3 N–H and O–H groups in total. The molecule has 0 aromatic heterocycles. The van der Waals surface area contributed by atoms with E-state index in [9.17, 15) is 14.4 Å². The molecule has 0 heterocycles. The zero-order valence-corrected chi connectivity index (χ0v) is 12.9. The zero-order valence-electron chi connectivity index (χ0n) is 12.9. The Morgan fingerprint density at radius 3 is 2.27 bits per heavy atom. The Kier molecular flexibility index (Phi) is 7.08. The van der Waals surface area contributed by atoms with Crippen molar-refractivity contribution < 1.29 is 19.5 Å². The Hall–Kier alpha value is -2.37. The highest BCUT2D eigenvalue weighted by molar-refractivity contribution is 5.94. The lowest BCUT2D eigenvalue weighted by atomic mass is 10.1. The van der Waals surface area contributed by atoms with Gasteiger partial charge in [0.2, 0.25) is 5.91 Å². The summed E-state index contributed by atoms with van der Waals surface area (Å²) in [5.74, 6) is -1.18. The van der Waals surface area contributed by atoms with Crippen molar-refractivity contribution in [1.82, 2.24) is 10.6 Å². The molecule has 22 heavy (non-hydrogen) atoms. The van der Waals surface area contributed by atoms with Crippen LogP contribution in [-0.4, -0.2) is 29.4 Å². The molecule has 0 radical (unpaired) electrons. The number of amides is 2. The van der Waals surface area contributed by atoms with Gasteiger partial charge in [-0.25, -0.2) is 0 Å². The number of hydrogen-bond donors (Lipinski definition) is 3. The highest BCUT2D eigenvalue weighted by atomic mass is 16.4. The first-order chi connectivity index (χ1) is 10.4. The average molecular weight is 306 g/mol. The van der Waals surface area contributed by atoms with Crippen LogP contribution in [0.1, 0.15) is 42.6 Å². The van der Waals surface area contributed by atoms with Gasteiger partial charge >= 0.3 is 5.97 Å². The fourth-order valence-corrected chi connectivity index (χ4v) is 1.71. The molecule has 120 valence electrons. The van der Waals surface area contributed by atoms with Crippen LogP contribution in [0.15, 0.2) is 24.3 Å². The van der Waals surface area contributed by atoms with Crippen LogP contribution < -0.4 is 10.6 Å². The van der Waals surface area contributed by atoms with Gasteiger partial charge in [-0.2, -0.15) is 0 Å². The number of carbonyl (C=O) groups excluding carboxylic acids is 2. The molecule has 0 aliphatic carbocycles. The van der Waals surface area contributed by atoms with E-state index >= 15 is 0 Å². The molecule has 0 unspecified atom stereocenters. The first-order valence-corrected chi connectivity index (χ1v) is 7.26. The summed E-state index contributed by atoms with van der Waals surface area (Å²) in [6.45, 7) is 4.41. The number of carboxylic acids is 1. The summed E-state index contributed by atoms with van der Waals surface area (Å²) in [4.78, 5) is 33.7. The van der Waals surface area contributed by atoms with E-state index in [2.05, 4.69) is 10.6 Å². The number of carboxylic acid groups (broad SMARTS) is 1. The molecule has 0 bridgehead atoms. The van der Waals surface area contributed by atoms with E-state index in [0.29, 0.717) is 25.1 Å². The molecule has 0 spiro atoms. The quantitative estimate of drug-likeness (QED) is 0.635. The molecular weight excluding hydrogens is 284 g/mol. The van der Waals surface area contributed by atoms with Crippen molar-refractivity contribution in [3.05, 3.63) is 35.4 Å². The predicted molar refractivity (Wildman–Crippen MR) is 82.3 cm³/mol. The topological polar surface area (TPSA) is 95.5 Å². The Morgan fingerprint density at radius 1 is 1.09 bits per heavy atom.